The summed E-state index contributed by atoms with van der Waals surface area (Å²) in [5.41, 5.74) is 0. The molecule has 0 nitrogen and oxygen atoms in total. The van der Waals surface area contributed by atoms with Gasteiger partial charge < -0.3 is 0 Å². The second-order valence-corrected chi connectivity index (χ2v) is 7.53. The lowest BCUT2D eigenvalue weighted by Gasteiger charge is -2.19. The van der Waals surface area contributed by atoms with Crippen LogP contribution in [-0.2, 0) is 0 Å². The van der Waals surface area contributed by atoms with Gasteiger partial charge in [0.1, 0.15) is 0 Å². The lowest BCUT2D eigenvalue weighted by atomic mass is 9.86. The summed E-state index contributed by atoms with van der Waals surface area (Å²) in [6.45, 7) is 9.45. The summed E-state index contributed by atoms with van der Waals surface area (Å²) in [6, 6.07) is 0. The summed E-state index contributed by atoms with van der Waals surface area (Å²) in [4.78, 5) is 0. The van der Waals surface area contributed by atoms with E-state index < -0.39 is 0 Å². The quantitative estimate of drug-likeness (QED) is 0.236. The number of hydrogen-bond donors (Lipinski definition) is 0. The van der Waals surface area contributed by atoms with E-state index in [0.717, 1.165) is 5.92 Å². The van der Waals surface area contributed by atoms with Gasteiger partial charge in [0, 0.05) is 0 Å². The molecule has 0 heteroatoms. The zero-order valence-corrected chi connectivity index (χ0v) is 16.4. The summed E-state index contributed by atoms with van der Waals surface area (Å²) in [5, 5.41) is 0. The van der Waals surface area contributed by atoms with E-state index in [1.807, 2.05) is 0 Å². The summed E-state index contributed by atoms with van der Waals surface area (Å²) in [5.74, 6) is 2.62. The van der Waals surface area contributed by atoms with Crippen LogP contribution in [0.4, 0.5) is 0 Å². The normalized spacial score (nSPS) is 13.0. The predicted octanol–water partition coefficient (Wildman–Crippen LogP) is 8.50. The van der Waals surface area contributed by atoms with Crippen molar-refractivity contribution in [3.8, 4) is 0 Å². The van der Waals surface area contributed by atoms with E-state index in [2.05, 4.69) is 27.7 Å². The molecule has 0 aromatic carbocycles. The molecule has 0 N–H and O–H groups in total. The molecule has 0 saturated carbocycles. The minimum atomic E-state index is 0.857. The van der Waals surface area contributed by atoms with Crippen molar-refractivity contribution in [1.29, 1.82) is 0 Å². The van der Waals surface area contributed by atoms with E-state index >= 15 is 0 Å². The highest BCUT2D eigenvalue weighted by Gasteiger charge is 2.11. The first-order valence-electron chi connectivity index (χ1n) is 10.5. The molecular weight excluding hydrogens is 264 g/mol. The molecule has 0 fully saturated rings. The second-order valence-electron chi connectivity index (χ2n) is 7.53. The minimum absolute atomic E-state index is 0.857. The monoisotopic (exact) mass is 309 g/mol. The van der Waals surface area contributed by atoms with Crippen LogP contribution >= 0.6 is 0 Å². The first-order valence-corrected chi connectivity index (χ1v) is 10.5. The summed E-state index contributed by atoms with van der Waals surface area (Å²) in [7, 11) is 0. The van der Waals surface area contributed by atoms with Crippen molar-refractivity contribution in [2.24, 2.45) is 5.92 Å². The average Bonchev–Trinajstić information content (AvgIpc) is 2.52. The minimum Gasteiger partial charge on any atom is -0.0654 e. The van der Waals surface area contributed by atoms with Gasteiger partial charge in [-0.3, -0.25) is 0 Å². The molecule has 0 aliphatic rings. The molecule has 0 aliphatic heterocycles. The first kappa shape index (κ1) is 22.0. The molecule has 22 heavy (non-hydrogen) atoms. The molecule has 0 aromatic heterocycles. The maximum absolute atomic E-state index is 2.45. The fourth-order valence-electron chi connectivity index (χ4n) is 3.26. The van der Waals surface area contributed by atoms with Crippen molar-refractivity contribution < 1.29 is 0 Å². The highest BCUT2D eigenvalue weighted by Crippen LogP contribution is 2.26. The van der Waals surface area contributed by atoms with Gasteiger partial charge in [-0.25, -0.2) is 0 Å². The maximum Gasteiger partial charge on any atom is -0.0244 e. The van der Waals surface area contributed by atoms with Crippen molar-refractivity contribution in [2.75, 3.05) is 0 Å². The molecule has 0 spiro atoms. The number of rotatable bonds is 17. The summed E-state index contributed by atoms with van der Waals surface area (Å²) < 4.78 is 0. The Morgan fingerprint density at radius 1 is 0.591 bits per heavy atom. The van der Waals surface area contributed by atoms with Gasteiger partial charge in [0.05, 0.1) is 0 Å². The first-order chi connectivity index (χ1) is 10.7. The van der Waals surface area contributed by atoms with Crippen LogP contribution in [0.15, 0.2) is 0 Å². The standard InChI is InChI=1S/C22H45/c1-5-7-9-11-13-14-16-18-20-22(4)21(3)19-17-15-12-10-8-6-2/h21H,5-20H2,1-4H3. The van der Waals surface area contributed by atoms with Gasteiger partial charge >= 0.3 is 0 Å². The molecule has 133 valence electrons. The number of unbranched alkanes of at least 4 members (excludes halogenated alkanes) is 12. The molecule has 0 aromatic rings. The van der Waals surface area contributed by atoms with Crippen molar-refractivity contribution in [1.82, 2.24) is 0 Å². The van der Waals surface area contributed by atoms with Crippen molar-refractivity contribution in [3.63, 3.8) is 0 Å². The lowest BCUT2D eigenvalue weighted by molar-refractivity contribution is 0.463. The molecular formula is C22H45. The zero-order valence-electron chi connectivity index (χ0n) is 16.4. The third-order valence-corrected chi connectivity index (χ3v) is 5.26. The molecule has 0 saturated heterocycles. The summed E-state index contributed by atoms with van der Waals surface area (Å²) in [6.07, 6.45) is 22.9. The van der Waals surface area contributed by atoms with Gasteiger partial charge in [0.15, 0.2) is 0 Å². The second kappa shape index (κ2) is 17.4. The number of hydrogen-bond acceptors (Lipinski definition) is 0. The van der Waals surface area contributed by atoms with E-state index in [9.17, 15) is 0 Å². The third kappa shape index (κ3) is 14.9. The smallest absolute Gasteiger partial charge is 0.0244 e. The van der Waals surface area contributed by atoms with Gasteiger partial charge in [-0.2, -0.15) is 0 Å². The Hall–Kier alpha value is 0. The van der Waals surface area contributed by atoms with Crippen LogP contribution in [0.2, 0.25) is 0 Å². The fraction of sp³-hybridized carbons (Fsp3) is 0.955. The highest BCUT2D eigenvalue weighted by molar-refractivity contribution is 4.89. The van der Waals surface area contributed by atoms with E-state index in [-0.39, 0.29) is 0 Å². The van der Waals surface area contributed by atoms with Crippen LogP contribution in [-0.4, -0.2) is 0 Å². The highest BCUT2D eigenvalue weighted by atomic mass is 14.2. The van der Waals surface area contributed by atoms with Crippen molar-refractivity contribution >= 4 is 0 Å². The Morgan fingerprint density at radius 2 is 1.00 bits per heavy atom. The Balaban J connectivity index is 3.33. The Bertz CT molecular complexity index is 196. The molecule has 1 unspecified atom stereocenters. The van der Waals surface area contributed by atoms with E-state index in [1.165, 1.54) is 103 Å². The Labute approximate surface area is 142 Å². The topological polar surface area (TPSA) is 0 Å². The summed E-state index contributed by atoms with van der Waals surface area (Å²) >= 11 is 0. The van der Waals surface area contributed by atoms with Gasteiger partial charge in [-0.15, -0.1) is 0 Å². The van der Waals surface area contributed by atoms with E-state index in [4.69, 9.17) is 0 Å². The molecule has 1 radical (unpaired) electrons. The fourth-order valence-corrected chi connectivity index (χ4v) is 3.26. The van der Waals surface area contributed by atoms with Crippen LogP contribution in [0.3, 0.4) is 0 Å². The maximum atomic E-state index is 2.45. The van der Waals surface area contributed by atoms with E-state index in [0.29, 0.717) is 0 Å². The lowest BCUT2D eigenvalue weighted by Crippen LogP contribution is -2.05. The van der Waals surface area contributed by atoms with Crippen LogP contribution in [0.25, 0.3) is 0 Å². The Morgan fingerprint density at radius 3 is 1.50 bits per heavy atom. The Kier molecular flexibility index (Phi) is 17.4. The van der Waals surface area contributed by atoms with Crippen molar-refractivity contribution in [3.05, 3.63) is 5.92 Å². The van der Waals surface area contributed by atoms with Crippen LogP contribution in [0.1, 0.15) is 130 Å². The third-order valence-electron chi connectivity index (χ3n) is 5.26. The van der Waals surface area contributed by atoms with Gasteiger partial charge in [-0.05, 0) is 18.3 Å². The molecule has 0 aliphatic carbocycles. The van der Waals surface area contributed by atoms with Crippen molar-refractivity contribution in [2.45, 2.75) is 130 Å². The molecule has 1 atom stereocenters. The average molecular weight is 310 g/mol. The van der Waals surface area contributed by atoms with Gasteiger partial charge in [-0.1, -0.05) is 124 Å². The zero-order chi connectivity index (χ0) is 16.5. The van der Waals surface area contributed by atoms with Gasteiger partial charge in [0.2, 0.25) is 0 Å². The molecule has 0 amide bonds. The largest absolute Gasteiger partial charge is 0.0654 e. The molecule has 0 heterocycles. The van der Waals surface area contributed by atoms with E-state index in [1.54, 1.807) is 5.92 Å². The van der Waals surface area contributed by atoms with Crippen LogP contribution in [0.5, 0.6) is 0 Å². The van der Waals surface area contributed by atoms with Gasteiger partial charge in [0.25, 0.3) is 0 Å². The molecule has 0 bridgehead atoms. The van der Waals surface area contributed by atoms with Crippen LogP contribution in [0, 0.1) is 11.8 Å². The predicted molar refractivity (Wildman–Crippen MR) is 103 cm³/mol. The molecule has 0 rings (SSSR count). The SMILES string of the molecule is CCCCCCCCCC[C](C)C(C)CCCCCCCC. The van der Waals surface area contributed by atoms with Crippen LogP contribution < -0.4 is 0 Å².